The summed E-state index contributed by atoms with van der Waals surface area (Å²) in [5.74, 6) is 1.13. The molecule has 1 amide bonds. The topological polar surface area (TPSA) is 29.5 Å². The van der Waals surface area contributed by atoms with Crippen molar-refractivity contribution in [3.05, 3.63) is 30.3 Å². The molecule has 110 valence electrons. The van der Waals surface area contributed by atoms with Gasteiger partial charge in [-0.2, -0.15) is 0 Å². The number of carbonyl (C=O) groups is 1. The largest absolute Gasteiger partial charge is 0.492 e. The molecule has 0 aromatic heterocycles. The first-order valence-corrected chi connectivity index (χ1v) is 7.78. The van der Waals surface area contributed by atoms with E-state index in [0.29, 0.717) is 25.6 Å². The number of rotatable bonds is 6. The summed E-state index contributed by atoms with van der Waals surface area (Å²) in [7, 11) is 0. The van der Waals surface area contributed by atoms with Gasteiger partial charge in [0.25, 0.3) is 0 Å². The first kappa shape index (κ1) is 14.9. The average Bonchev–Trinajstić information content (AvgIpc) is 2.53. The van der Waals surface area contributed by atoms with E-state index < -0.39 is 0 Å². The average molecular weight is 275 g/mol. The van der Waals surface area contributed by atoms with Crippen molar-refractivity contribution >= 4 is 5.91 Å². The third-order valence-electron chi connectivity index (χ3n) is 3.98. The highest BCUT2D eigenvalue weighted by molar-refractivity contribution is 5.76. The number of para-hydroxylation sites is 1. The highest BCUT2D eigenvalue weighted by Crippen LogP contribution is 2.23. The summed E-state index contributed by atoms with van der Waals surface area (Å²) >= 11 is 0. The SMILES string of the molecule is CCC(=O)N(CCOc1ccccc1)C1CCCCC1. The maximum absolute atomic E-state index is 12.1. The molecule has 0 radical (unpaired) electrons. The summed E-state index contributed by atoms with van der Waals surface area (Å²) < 4.78 is 5.73. The molecule has 0 atom stereocenters. The van der Waals surface area contributed by atoms with Crippen molar-refractivity contribution in [3.63, 3.8) is 0 Å². The van der Waals surface area contributed by atoms with Crippen LogP contribution in [0.1, 0.15) is 45.4 Å². The van der Waals surface area contributed by atoms with Crippen molar-refractivity contribution in [1.82, 2.24) is 4.90 Å². The second-order valence-corrected chi connectivity index (χ2v) is 5.39. The number of amides is 1. The van der Waals surface area contributed by atoms with Crippen molar-refractivity contribution in [2.24, 2.45) is 0 Å². The van der Waals surface area contributed by atoms with Gasteiger partial charge < -0.3 is 9.64 Å². The molecule has 2 rings (SSSR count). The Morgan fingerprint density at radius 1 is 1.20 bits per heavy atom. The van der Waals surface area contributed by atoms with E-state index in [4.69, 9.17) is 4.74 Å². The summed E-state index contributed by atoms with van der Waals surface area (Å²) in [6.45, 7) is 3.22. The molecule has 1 aromatic rings. The van der Waals surface area contributed by atoms with Crippen molar-refractivity contribution in [2.45, 2.75) is 51.5 Å². The molecule has 0 aliphatic heterocycles. The van der Waals surface area contributed by atoms with Crippen molar-refractivity contribution in [3.8, 4) is 5.75 Å². The number of nitrogens with zero attached hydrogens (tertiary/aromatic N) is 1. The molecule has 1 saturated carbocycles. The minimum Gasteiger partial charge on any atom is -0.492 e. The van der Waals surface area contributed by atoms with Gasteiger partial charge in [-0.05, 0) is 25.0 Å². The predicted molar refractivity (Wildman–Crippen MR) is 80.8 cm³/mol. The van der Waals surface area contributed by atoms with Crippen LogP contribution in [0, 0.1) is 0 Å². The van der Waals surface area contributed by atoms with Crippen LogP contribution in [0.4, 0.5) is 0 Å². The Balaban J connectivity index is 1.85. The summed E-state index contributed by atoms with van der Waals surface area (Å²) in [5, 5.41) is 0. The van der Waals surface area contributed by atoms with E-state index >= 15 is 0 Å². The lowest BCUT2D eigenvalue weighted by Crippen LogP contribution is -2.43. The van der Waals surface area contributed by atoms with Gasteiger partial charge in [0, 0.05) is 12.5 Å². The third-order valence-corrected chi connectivity index (χ3v) is 3.98. The summed E-state index contributed by atoms with van der Waals surface area (Å²) in [5.41, 5.74) is 0. The number of benzene rings is 1. The fourth-order valence-electron chi connectivity index (χ4n) is 2.89. The Labute approximate surface area is 121 Å². The number of hydrogen-bond acceptors (Lipinski definition) is 2. The van der Waals surface area contributed by atoms with Crippen molar-refractivity contribution < 1.29 is 9.53 Å². The molecular formula is C17H25NO2. The van der Waals surface area contributed by atoms with Gasteiger partial charge >= 0.3 is 0 Å². The molecule has 0 unspecified atom stereocenters. The fraction of sp³-hybridized carbons (Fsp3) is 0.588. The molecule has 0 heterocycles. The first-order valence-electron chi connectivity index (χ1n) is 7.78. The van der Waals surface area contributed by atoms with E-state index in [9.17, 15) is 4.79 Å². The Kier molecular flexibility index (Phi) is 5.90. The van der Waals surface area contributed by atoms with Crippen LogP contribution in [0.15, 0.2) is 30.3 Å². The second-order valence-electron chi connectivity index (χ2n) is 5.39. The number of ether oxygens (including phenoxy) is 1. The molecule has 1 aliphatic rings. The Bertz CT molecular complexity index is 399. The zero-order valence-electron chi connectivity index (χ0n) is 12.4. The van der Waals surface area contributed by atoms with Crippen molar-refractivity contribution in [1.29, 1.82) is 0 Å². The summed E-state index contributed by atoms with van der Waals surface area (Å²) in [4.78, 5) is 14.2. The maximum atomic E-state index is 12.1. The quantitative estimate of drug-likeness (QED) is 0.793. The number of carbonyl (C=O) groups excluding carboxylic acids is 1. The van der Waals surface area contributed by atoms with E-state index in [1.165, 1.54) is 19.3 Å². The smallest absolute Gasteiger partial charge is 0.222 e. The maximum Gasteiger partial charge on any atom is 0.222 e. The molecule has 0 bridgehead atoms. The van der Waals surface area contributed by atoms with Crippen LogP contribution in [-0.2, 0) is 4.79 Å². The zero-order valence-corrected chi connectivity index (χ0v) is 12.4. The van der Waals surface area contributed by atoms with Gasteiger partial charge in [-0.15, -0.1) is 0 Å². The van der Waals surface area contributed by atoms with Gasteiger partial charge in [-0.3, -0.25) is 4.79 Å². The molecule has 1 fully saturated rings. The van der Waals surface area contributed by atoms with Crippen LogP contribution in [0.5, 0.6) is 5.75 Å². The molecule has 20 heavy (non-hydrogen) atoms. The van der Waals surface area contributed by atoms with E-state index in [1.807, 2.05) is 42.2 Å². The third kappa shape index (κ3) is 4.26. The molecule has 1 aromatic carbocycles. The van der Waals surface area contributed by atoms with Crippen LogP contribution >= 0.6 is 0 Å². The van der Waals surface area contributed by atoms with Crippen molar-refractivity contribution in [2.75, 3.05) is 13.2 Å². The standard InChI is InChI=1S/C17H25NO2/c1-2-17(19)18(15-9-5-3-6-10-15)13-14-20-16-11-7-4-8-12-16/h4,7-8,11-12,15H,2-3,5-6,9-10,13-14H2,1H3. The minimum atomic E-state index is 0.258. The van der Waals surface area contributed by atoms with E-state index in [1.54, 1.807) is 0 Å². The Hall–Kier alpha value is -1.51. The monoisotopic (exact) mass is 275 g/mol. The number of hydrogen-bond donors (Lipinski definition) is 0. The molecule has 1 aliphatic carbocycles. The van der Waals surface area contributed by atoms with E-state index in [2.05, 4.69) is 0 Å². The Morgan fingerprint density at radius 2 is 1.90 bits per heavy atom. The lowest BCUT2D eigenvalue weighted by molar-refractivity contribution is -0.134. The minimum absolute atomic E-state index is 0.258. The molecule has 0 spiro atoms. The predicted octanol–water partition coefficient (Wildman–Crippen LogP) is 3.64. The fourth-order valence-corrected chi connectivity index (χ4v) is 2.89. The molecular weight excluding hydrogens is 250 g/mol. The van der Waals surface area contributed by atoms with Gasteiger partial charge in [0.1, 0.15) is 12.4 Å². The van der Waals surface area contributed by atoms with Crippen LogP contribution in [0.25, 0.3) is 0 Å². The van der Waals surface area contributed by atoms with E-state index in [-0.39, 0.29) is 5.91 Å². The van der Waals surface area contributed by atoms with Crippen LogP contribution < -0.4 is 4.74 Å². The van der Waals surface area contributed by atoms with Gasteiger partial charge in [-0.1, -0.05) is 44.4 Å². The van der Waals surface area contributed by atoms with Gasteiger partial charge in [0.15, 0.2) is 0 Å². The zero-order chi connectivity index (χ0) is 14.2. The molecule has 0 N–H and O–H groups in total. The van der Waals surface area contributed by atoms with Gasteiger partial charge in [-0.25, -0.2) is 0 Å². The lowest BCUT2D eigenvalue weighted by atomic mass is 9.94. The molecule has 3 nitrogen and oxygen atoms in total. The van der Waals surface area contributed by atoms with Crippen LogP contribution in [0.2, 0.25) is 0 Å². The highest BCUT2D eigenvalue weighted by atomic mass is 16.5. The molecule has 3 heteroatoms. The normalized spacial score (nSPS) is 15.8. The van der Waals surface area contributed by atoms with Crippen LogP contribution in [0.3, 0.4) is 0 Å². The highest BCUT2D eigenvalue weighted by Gasteiger charge is 2.24. The van der Waals surface area contributed by atoms with Gasteiger partial charge in [0.05, 0.1) is 6.54 Å². The Morgan fingerprint density at radius 3 is 2.55 bits per heavy atom. The second kappa shape index (κ2) is 7.93. The molecule has 0 saturated heterocycles. The van der Waals surface area contributed by atoms with Crippen LogP contribution in [-0.4, -0.2) is 30.0 Å². The lowest BCUT2D eigenvalue weighted by Gasteiger charge is -2.34. The summed E-state index contributed by atoms with van der Waals surface area (Å²) in [6, 6.07) is 10.2. The van der Waals surface area contributed by atoms with E-state index in [0.717, 1.165) is 18.6 Å². The summed E-state index contributed by atoms with van der Waals surface area (Å²) in [6.07, 6.45) is 6.69. The first-order chi connectivity index (χ1) is 9.81. The van der Waals surface area contributed by atoms with Gasteiger partial charge in [0.2, 0.25) is 5.91 Å².